The molecule has 0 aliphatic rings. The number of carbonyl (C=O) groups excluding carboxylic acids is 1. The quantitative estimate of drug-likeness (QED) is 0.857. The summed E-state index contributed by atoms with van der Waals surface area (Å²) in [6, 6.07) is 13.6. The molecule has 4 heteroatoms. The molecule has 2 aromatic carbocycles. The molecule has 0 bridgehead atoms. The van der Waals surface area contributed by atoms with E-state index in [1.54, 1.807) is 0 Å². The maximum absolute atomic E-state index is 12.0. The second-order valence-electron chi connectivity index (χ2n) is 5.13. The van der Waals surface area contributed by atoms with E-state index in [1.807, 2.05) is 49.4 Å². The van der Waals surface area contributed by atoms with Crippen molar-refractivity contribution in [3.05, 3.63) is 48.0 Å². The predicted molar refractivity (Wildman–Crippen MR) is 82.1 cm³/mol. The molecule has 1 atom stereocenters. The highest BCUT2D eigenvalue weighted by atomic mass is 16.4. The predicted octanol–water partition coefficient (Wildman–Crippen LogP) is 2.75. The topological polar surface area (TPSA) is 66.4 Å². The van der Waals surface area contributed by atoms with E-state index in [0.717, 1.165) is 16.3 Å². The molecule has 21 heavy (non-hydrogen) atoms. The molecule has 0 radical (unpaired) electrons. The van der Waals surface area contributed by atoms with E-state index < -0.39 is 5.97 Å². The Morgan fingerprint density at radius 3 is 2.52 bits per heavy atom. The van der Waals surface area contributed by atoms with E-state index in [1.165, 1.54) is 0 Å². The van der Waals surface area contributed by atoms with Crippen molar-refractivity contribution in [2.75, 3.05) is 0 Å². The normalized spacial score (nSPS) is 12.0. The Bertz CT molecular complexity index is 651. The number of benzene rings is 2. The van der Waals surface area contributed by atoms with Gasteiger partial charge in [-0.2, -0.15) is 0 Å². The number of nitrogens with one attached hydrogen (secondary N) is 1. The van der Waals surface area contributed by atoms with E-state index in [9.17, 15) is 9.59 Å². The van der Waals surface area contributed by atoms with Crippen LogP contribution in [0.1, 0.15) is 25.3 Å². The van der Waals surface area contributed by atoms with Gasteiger partial charge in [0.15, 0.2) is 0 Å². The van der Waals surface area contributed by atoms with E-state index >= 15 is 0 Å². The second kappa shape index (κ2) is 6.88. The molecule has 0 fully saturated rings. The molecular weight excluding hydrogens is 266 g/mol. The van der Waals surface area contributed by atoms with Gasteiger partial charge in [0.25, 0.3) is 0 Å². The van der Waals surface area contributed by atoms with Crippen LogP contribution in [0.2, 0.25) is 0 Å². The molecule has 0 spiro atoms. The molecule has 1 unspecified atom stereocenters. The smallest absolute Gasteiger partial charge is 0.305 e. The van der Waals surface area contributed by atoms with Gasteiger partial charge in [-0.25, -0.2) is 0 Å². The number of carbonyl (C=O) groups is 2. The fourth-order valence-electron chi connectivity index (χ4n) is 2.32. The van der Waals surface area contributed by atoms with Crippen molar-refractivity contribution in [1.29, 1.82) is 0 Å². The number of rotatable bonds is 6. The van der Waals surface area contributed by atoms with Crippen LogP contribution in [0.15, 0.2) is 42.5 Å². The van der Waals surface area contributed by atoms with Gasteiger partial charge in [0.1, 0.15) is 0 Å². The zero-order valence-electron chi connectivity index (χ0n) is 12.0. The highest BCUT2D eigenvalue weighted by Gasteiger charge is 2.14. The van der Waals surface area contributed by atoms with Crippen LogP contribution in [-0.2, 0) is 16.0 Å². The van der Waals surface area contributed by atoms with Crippen LogP contribution in [0, 0.1) is 0 Å². The standard InChI is InChI=1S/C17H19NO3/c1-2-15(11-17(20)21)18-16(19)10-12-7-8-13-5-3-4-6-14(13)9-12/h3-9,15H,2,10-11H2,1H3,(H,18,19)(H,20,21). The van der Waals surface area contributed by atoms with Crippen LogP contribution >= 0.6 is 0 Å². The molecule has 0 aliphatic carbocycles. The van der Waals surface area contributed by atoms with E-state index in [4.69, 9.17) is 5.11 Å². The maximum atomic E-state index is 12.0. The summed E-state index contributed by atoms with van der Waals surface area (Å²) >= 11 is 0. The molecule has 110 valence electrons. The third-order valence-electron chi connectivity index (χ3n) is 3.46. The zero-order valence-corrected chi connectivity index (χ0v) is 12.0. The van der Waals surface area contributed by atoms with Gasteiger partial charge >= 0.3 is 5.97 Å². The number of amides is 1. The summed E-state index contributed by atoms with van der Waals surface area (Å²) in [4.78, 5) is 22.7. The van der Waals surface area contributed by atoms with E-state index in [-0.39, 0.29) is 24.8 Å². The second-order valence-corrected chi connectivity index (χ2v) is 5.13. The Morgan fingerprint density at radius 1 is 1.14 bits per heavy atom. The Morgan fingerprint density at radius 2 is 1.86 bits per heavy atom. The first-order chi connectivity index (χ1) is 10.1. The van der Waals surface area contributed by atoms with Crippen LogP contribution in [-0.4, -0.2) is 23.0 Å². The van der Waals surface area contributed by atoms with Gasteiger partial charge in [-0.3, -0.25) is 9.59 Å². The SMILES string of the molecule is CCC(CC(=O)O)NC(=O)Cc1ccc2ccccc2c1. The third kappa shape index (κ3) is 4.31. The number of carboxylic acids is 1. The van der Waals surface area contributed by atoms with Crippen molar-refractivity contribution in [1.82, 2.24) is 5.32 Å². The number of hydrogen-bond donors (Lipinski definition) is 2. The van der Waals surface area contributed by atoms with E-state index in [2.05, 4.69) is 5.32 Å². The lowest BCUT2D eigenvalue weighted by molar-refractivity contribution is -0.137. The van der Waals surface area contributed by atoms with Crippen LogP contribution in [0.4, 0.5) is 0 Å². The maximum Gasteiger partial charge on any atom is 0.305 e. The summed E-state index contributed by atoms with van der Waals surface area (Å²) in [5.41, 5.74) is 0.927. The number of aliphatic carboxylic acids is 1. The monoisotopic (exact) mass is 285 g/mol. The number of hydrogen-bond acceptors (Lipinski definition) is 2. The molecule has 0 saturated heterocycles. The fraction of sp³-hybridized carbons (Fsp3) is 0.294. The highest BCUT2D eigenvalue weighted by Crippen LogP contribution is 2.16. The van der Waals surface area contributed by atoms with E-state index in [0.29, 0.717) is 6.42 Å². The van der Waals surface area contributed by atoms with Crippen molar-refractivity contribution >= 4 is 22.6 Å². The van der Waals surface area contributed by atoms with Crippen LogP contribution < -0.4 is 5.32 Å². The minimum atomic E-state index is -0.896. The Hall–Kier alpha value is -2.36. The minimum Gasteiger partial charge on any atom is -0.481 e. The van der Waals surface area contributed by atoms with Crippen molar-refractivity contribution in [2.45, 2.75) is 32.2 Å². The molecule has 1 amide bonds. The van der Waals surface area contributed by atoms with Crippen molar-refractivity contribution < 1.29 is 14.7 Å². The summed E-state index contributed by atoms with van der Waals surface area (Å²) in [5.74, 6) is -1.04. The largest absolute Gasteiger partial charge is 0.481 e. The van der Waals surface area contributed by atoms with Gasteiger partial charge in [-0.1, -0.05) is 49.4 Å². The summed E-state index contributed by atoms with van der Waals surface area (Å²) in [5, 5.41) is 13.8. The van der Waals surface area contributed by atoms with Crippen LogP contribution in [0.5, 0.6) is 0 Å². The average molecular weight is 285 g/mol. The number of carboxylic acid groups (broad SMARTS) is 1. The molecule has 0 heterocycles. The lowest BCUT2D eigenvalue weighted by atomic mass is 10.0. The lowest BCUT2D eigenvalue weighted by Gasteiger charge is -2.14. The Kier molecular flexibility index (Phi) is 4.93. The molecule has 0 saturated carbocycles. The highest BCUT2D eigenvalue weighted by molar-refractivity contribution is 5.85. The molecule has 2 rings (SSSR count). The fourth-order valence-corrected chi connectivity index (χ4v) is 2.32. The van der Waals surface area contributed by atoms with Gasteiger partial charge in [0.2, 0.25) is 5.91 Å². The molecule has 2 N–H and O–H groups in total. The Balaban J connectivity index is 2.02. The zero-order chi connectivity index (χ0) is 15.2. The summed E-state index contributed by atoms with van der Waals surface area (Å²) in [6.45, 7) is 1.86. The average Bonchev–Trinajstić information content (AvgIpc) is 2.45. The van der Waals surface area contributed by atoms with Gasteiger partial charge in [-0.15, -0.1) is 0 Å². The first kappa shape index (κ1) is 15.0. The van der Waals surface area contributed by atoms with Gasteiger partial charge in [0.05, 0.1) is 12.8 Å². The summed E-state index contributed by atoms with van der Waals surface area (Å²) < 4.78 is 0. The van der Waals surface area contributed by atoms with Crippen molar-refractivity contribution in [3.8, 4) is 0 Å². The molecule has 0 aliphatic heterocycles. The number of fused-ring (bicyclic) bond motifs is 1. The first-order valence-corrected chi connectivity index (χ1v) is 7.07. The van der Waals surface area contributed by atoms with Crippen molar-refractivity contribution in [2.24, 2.45) is 0 Å². The summed E-state index contributed by atoms with van der Waals surface area (Å²) in [6.07, 6.45) is 0.830. The lowest BCUT2D eigenvalue weighted by Crippen LogP contribution is -2.36. The summed E-state index contributed by atoms with van der Waals surface area (Å²) in [7, 11) is 0. The van der Waals surface area contributed by atoms with Gasteiger partial charge < -0.3 is 10.4 Å². The first-order valence-electron chi connectivity index (χ1n) is 7.07. The van der Waals surface area contributed by atoms with Crippen LogP contribution in [0.25, 0.3) is 10.8 Å². The van der Waals surface area contributed by atoms with Gasteiger partial charge in [0, 0.05) is 6.04 Å². The minimum absolute atomic E-state index is 0.0417. The molecule has 0 aromatic heterocycles. The third-order valence-corrected chi connectivity index (χ3v) is 3.46. The van der Waals surface area contributed by atoms with Crippen LogP contribution in [0.3, 0.4) is 0 Å². The van der Waals surface area contributed by atoms with Crippen molar-refractivity contribution in [3.63, 3.8) is 0 Å². The van der Waals surface area contributed by atoms with Gasteiger partial charge in [-0.05, 0) is 22.8 Å². The molecule has 2 aromatic rings. The Labute approximate surface area is 123 Å². The molecule has 4 nitrogen and oxygen atoms in total. The molecular formula is C17H19NO3.